The summed E-state index contributed by atoms with van der Waals surface area (Å²) in [5, 5.41) is 11.2. The Morgan fingerprint density at radius 2 is 1.85 bits per heavy atom. The second-order valence-corrected chi connectivity index (χ2v) is 9.48. The standard InChI is InChI=1S/C17H24N2O6S/c1-17(2,3)25-16(20)18-9-7-12(8-10-18)13-5-6-15(26(4,23)24)14(11-13)19(21)22/h5-6,11-12H,7-10H2,1-4H3. The number of nitro benzene ring substituents is 1. The number of rotatable bonds is 3. The third-order valence-electron chi connectivity index (χ3n) is 4.20. The zero-order valence-corrected chi connectivity index (χ0v) is 16.2. The van der Waals surface area contributed by atoms with E-state index < -0.39 is 26.0 Å². The molecule has 2 rings (SSSR count). The van der Waals surface area contributed by atoms with Crippen LogP contribution in [-0.4, -0.2) is 49.3 Å². The van der Waals surface area contributed by atoms with E-state index in [1.165, 1.54) is 12.1 Å². The monoisotopic (exact) mass is 384 g/mol. The first-order valence-corrected chi connectivity index (χ1v) is 10.2. The number of nitro groups is 1. The molecule has 1 aromatic carbocycles. The highest BCUT2D eigenvalue weighted by molar-refractivity contribution is 7.90. The maximum Gasteiger partial charge on any atom is 0.410 e. The van der Waals surface area contributed by atoms with Crippen LogP contribution in [0.2, 0.25) is 0 Å². The van der Waals surface area contributed by atoms with Gasteiger partial charge in [0.1, 0.15) is 10.5 Å². The molecule has 0 unspecified atom stereocenters. The number of likely N-dealkylation sites (tertiary alicyclic amines) is 1. The summed E-state index contributed by atoms with van der Waals surface area (Å²) in [4.78, 5) is 24.0. The second-order valence-electron chi connectivity index (χ2n) is 7.50. The molecular formula is C17H24N2O6S. The van der Waals surface area contributed by atoms with Crippen LogP contribution in [0.3, 0.4) is 0 Å². The van der Waals surface area contributed by atoms with Crippen LogP contribution in [0.25, 0.3) is 0 Å². The molecule has 1 saturated heterocycles. The first-order valence-electron chi connectivity index (χ1n) is 8.35. The van der Waals surface area contributed by atoms with Crippen LogP contribution in [0.4, 0.5) is 10.5 Å². The molecule has 1 amide bonds. The van der Waals surface area contributed by atoms with E-state index in [1.807, 2.05) is 0 Å². The number of amides is 1. The van der Waals surface area contributed by atoms with Crippen LogP contribution in [0, 0.1) is 10.1 Å². The number of nitrogens with zero attached hydrogens (tertiary/aromatic N) is 2. The van der Waals surface area contributed by atoms with Crippen LogP contribution >= 0.6 is 0 Å². The van der Waals surface area contributed by atoms with Gasteiger partial charge in [0.15, 0.2) is 9.84 Å². The van der Waals surface area contributed by atoms with Gasteiger partial charge in [0.25, 0.3) is 5.69 Å². The van der Waals surface area contributed by atoms with Crippen LogP contribution in [0.5, 0.6) is 0 Å². The Morgan fingerprint density at radius 3 is 2.31 bits per heavy atom. The van der Waals surface area contributed by atoms with Gasteiger partial charge in [0.2, 0.25) is 0 Å². The Labute approximate surface area is 153 Å². The molecule has 0 atom stereocenters. The van der Waals surface area contributed by atoms with Gasteiger partial charge in [0, 0.05) is 25.4 Å². The first-order chi connectivity index (χ1) is 11.9. The Balaban J connectivity index is 2.14. The van der Waals surface area contributed by atoms with Gasteiger partial charge >= 0.3 is 6.09 Å². The van der Waals surface area contributed by atoms with Crippen molar-refractivity contribution in [1.82, 2.24) is 4.90 Å². The van der Waals surface area contributed by atoms with Gasteiger partial charge in [-0.15, -0.1) is 0 Å². The summed E-state index contributed by atoms with van der Waals surface area (Å²) in [6, 6.07) is 4.25. The molecule has 0 radical (unpaired) electrons. The minimum absolute atomic E-state index is 0.0287. The number of hydrogen-bond acceptors (Lipinski definition) is 6. The van der Waals surface area contributed by atoms with E-state index in [0.717, 1.165) is 6.26 Å². The summed E-state index contributed by atoms with van der Waals surface area (Å²) >= 11 is 0. The molecule has 0 spiro atoms. The summed E-state index contributed by atoms with van der Waals surface area (Å²) in [5.74, 6) is 0.0287. The molecule has 1 fully saturated rings. The summed E-state index contributed by atoms with van der Waals surface area (Å²) in [6.07, 6.45) is 1.85. The quantitative estimate of drug-likeness (QED) is 0.585. The van der Waals surface area contributed by atoms with Crippen molar-refractivity contribution >= 4 is 21.6 Å². The maximum atomic E-state index is 12.1. The highest BCUT2D eigenvalue weighted by atomic mass is 32.2. The summed E-state index contributed by atoms with van der Waals surface area (Å²) in [6.45, 7) is 6.39. The van der Waals surface area contributed by atoms with Crippen molar-refractivity contribution in [2.45, 2.75) is 50.0 Å². The molecule has 0 N–H and O–H groups in total. The molecule has 144 valence electrons. The summed E-state index contributed by atoms with van der Waals surface area (Å²) < 4.78 is 28.8. The number of piperidine rings is 1. The van der Waals surface area contributed by atoms with E-state index in [-0.39, 0.29) is 16.9 Å². The van der Waals surface area contributed by atoms with Gasteiger partial charge in [-0.05, 0) is 51.2 Å². The van der Waals surface area contributed by atoms with Crippen molar-refractivity contribution in [3.8, 4) is 0 Å². The molecular weight excluding hydrogens is 360 g/mol. The summed E-state index contributed by atoms with van der Waals surface area (Å²) in [5.41, 5.74) is -0.247. The van der Waals surface area contributed by atoms with E-state index in [2.05, 4.69) is 0 Å². The van der Waals surface area contributed by atoms with E-state index >= 15 is 0 Å². The lowest BCUT2D eigenvalue weighted by molar-refractivity contribution is -0.387. The molecule has 0 bridgehead atoms. The fourth-order valence-electron chi connectivity index (χ4n) is 2.97. The first kappa shape index (κ1) is 20.2. The molecule has 0 aliphatic carbocycles. The lowest BCUT2D eigenvalue weighted by Crippen LogP contribution is -2.41. The van der Waals surface area contributed by atoms with Gasteiger partial charge in [0.05, 0.1) is 4.92 Å². The molecule has 1 aliphatic rings. The molecule has 1 heterocycles. The topological polar surface area (TPSA) is 107 Å². The molecule has 9 heteroatoms. The van der Waals surface area contributed by atoms with E-state index in [0.29, 0.717) is 31.5 Å². The van der Waals surface area contributed by atoms with Crippen molar-refractivity contribution in [1.29, 1.82) is 0 Å². The molecule has 0 saturated carbocycles. The maximum absolute atomic E-state index is 12.1. The number of carbonyl (C=O) groups is 1. The Bertz CT molecular complexity index is 805. The number of ether oxygens (including phenoxy) is 1. The zero-order valence-electron chi connectivity index (χ0n) is 15.4. The van der Waals surface area contributed by atoms with Gasteiger partial charge in [-0.1, -0.05) is 6.07 Å². The van der Waals surface area contributed by atoms with Gasteiger partial charge < -0.3 is 9.64 Å². The number of hydrogen-bond donors (Lipinski definition) is 0. The fraction of sp³-hybridized carbons (Fsp3) is 0.588. The molecule has 1 aromatic rings. The number of benzene rings is 1. The Morgan fingerprint density at radius 1 is 1.27 bits per heavy atom. The SMILES string of the molecule is CC(C)(C)OC(=O)N1CCC(c2ccc(S(C)(=O)=O)c([N+](=O)[O-])c2)CC1. The predicted molar refractivity (Wildman–Crippen MR) is 96.0 cm³/mol. The van der Waals surface area contributed by atoms with Crippen molar-refractivity contribution in [3.63, 3.8) is 0 Å². The second kappa shape index (κ2) is 7.22. The van der Waals surface area contributed by atoms with Gasteiger partial charge in [-0.25, -0.2) is 13.2 Å². The minimum Gasteiger partial charge on any atom is -0.444 e. The van der Waals surface area contributed by atoms with Gasteiger partial charge in [-0.3, -0.25) is 10.1 Å². The van der Waals surface area contributed by atoms with Crippen molar-refractivity contribution in [2.75, 3.05) is 19.3 Å². The predicted octanol–water partition coefficient (Wildman–Crippen LogP) is 3.11. The third kappa shape index (κ3) is 4.94. The highest BCUT2D eigenvalue weighted by Crippen LogP contribution is 2.33. The highest BCUT2D eigenvalue weighted by Gasteiger charge is 2.29. The van der Waals surface area contributed by atoms with Crippen molar-refractivity contribution in [2.24, 2.45) is 0 Å². The lowest BCUT2D eigenvalue weighted by atomic mass is 9.89. The smallest absolute Gasteiger partial charge is 0.410 e. The molecule has 0 aromatic heterocycles. The van der Waals surface area contributed by atoms with Crippen LogP contribution in [0.15, 0.2) is 23.1 Å². The molecule has 26 heavy (non-hydrogen) atoms. The minimum atomic E-state index is -3.67. The number of carbonyl (C=O) groups excluding carboxylic acids is 1. The van der Waals surface area contributed by atoms with Crippen molar-refractivity contribution in [3.05, 3.63) is 33.9 Å². The Hall–Kier alpha value is -2.16. The zero-order chi connectivity index (χ0) is 19.7. The average Bonchev–Trinajstić information content (AvgIpc) is 2.52. The third-order valence-corrected chi connectivity index (χ3v) is 5.34. The number of sulfone groups is 1. The van der Waals surface area contributed by atoms with Crippen LogP contribution < -0.4 is 0 Å². The molecule has 1 aliphatic heterocycles. The van der Waals surface area contributed by atoms with E-state index in [9.17, 15) is 23.3 Å². The van der Waals surface area contributed by atoms with E-state index in [4.69, 9.17) is 4.74 Å². The van der Waals surface area contributed by atoms with Crippen LogP contribution in [-0.2, 0) is 14.6 Å². The van der Waals surface area contributed by atoms with Crippen molar-refractivity contribution < 1.29 is 22.9 Å². The normalized spacial score (nSPS) is 16.4. The Kier molecular flexibility index (Phi) is 5.60. The fourth-order valence-corrected chi connectivity index (χ4v) is 3.80. The average molecular weight is 384 g/mol. The van der Waals surface area contributed by atoms with Crippen LogP contribution in [0.1, 0.15) is 45.1 Å². The summed E-state index contributed by atoms with van der Waals surface area (Å²) in [7, 11) is -3.67. The largest absolute Gasteiger partial charge is 0.444 e. The van der Waals surface area contributed by atoms with Gasteiger partial charge in [-0.2, -0.15) is 0 Å². The van der Waals surface area contributed by atoms with E-state index in [1.54, 1.807) is 31.7 Å². The lowest BCUT2D eigenvalue weighted by Gasteiger charge is -2.33. The molecule has 8 nitrogen and oxygen atoms in total.